The Kier molecular flexibility index (Phi) is 6.88. The minimum atomic E-state index is -1.03. The van der Waals surface area contributed by atoms with Gasteiger partial charge < -0.3 is 15.3 Å². The number of nitrogens with one attached hydrogen (secondary N) is 1. The van der Waals surface area contributed by atoms with Crippen LogP contribution in [-0.2, 0) is 0 Å². The van der Waals surface area contributed by atoms with Crippen molar-refractivity contribution in [3.05, 3.63) is 35.4 Å². The lowest BCUT2D eigenvalue weighted by Gasteiger charge is -2.20. The summed E-state index contributed by atoms with van der Waals surface area (Å²) in [6.07, 6.45) is 1.92. The van der Waals surface area contributed by atoms with E-state index in [1.54, 1.807) is 12.1 Å². The number of carboxylic acid groups (broad SMARTS) is 1. The number of hydrogen-bond acceptors (Lipinski definition) is 3. The van der Waals surface area contributed by atoms with Crippen molar-refractivity contribution in [2.24, 2.45) is 0 Å². The normalized spacial score (nSPS) is 10.9. The van der Waals surface area contributed by atoms with Crippen molar-refractivity contribution < 1.29 is 14.7 Å². The maximum atomic E-state index is 11.9. The van der Waals surface area contributed by atoms with E-state index in [9.17, 15) is 9.59 Å². The molecule has 1 amide bonds. The van der Waals surface area contributed by atoms with Crippen molar-refractivity contribution in [3.8, 4) is 0 Å². The largest absolute Gasteiger partial charge is 0.478 e. The van der Waals surface area contributed by atoms with E-state index in [1.165, 1.54) is 12.1 Å². The highest BCUT2D eigenvalue weighted by Gasteiger charge is 2.09. The zero-order valence-corrected chi connectivity index (χ0v) is 12.9. The molecule has 1 aromatic rings. The Balaban J connectivity index is 2.34. The standard InChI is InChI=1S/C16H24N2O3/c1-12(2)18(3)10-5-4-9-17-15(19)13-7-6-8-14(11-13)16(20)21/h6-8,11-12H,4-5,9-10H2,1-3H3,(H,17,19)(H,20,21). The zero-order valence-electron chi connectivity index (χ0n) is 12.9. The lowest BCUT2D eigenvalue weighted by atomic mass is 10.1. The van der Waals surface area contributed by atoms with Gasteiger partial charge in [0.05, 0.1) is 5.56 Å². The summed E-state index contributed by atoms with van der Waals surface area (Å²) in [4.78, 5) is 25.0. The molecule has 0 saturated carbocycles. The van der Waals surface area contributed by atoms with Crippen LogP contribution in [0.4, 0.5) is 0 Å². The molecular formula is C16H24N2O3. The second-order valence-corrected chi connectivity index (χ2v) is 5.42. The fourth-order valence-electron chi connectivity index (χ4n) is 1.84. The van der Waals surface area contributed by atoms with Gasteiger partial charge in [-0.3, -0.25) is 4.79 Å². The van der Waals surface area contributed by atoms with Gasteiger partial charge >= 0.3 is 5.97 Å². The SMILES string of the molecule is CC(C)N(C)CCCCNC(=O)c1cccc(C(=O)O)c1. The van der Waals surface area contributed by atoms with Gasteiger partial charge in [-0.2, -0.15) is 0 Å². The maximum Gasteiger partial charge on any atom is 0.335 e. The molecule has 21 heavy (non-hydrogen) atoms. The van der Waals surface area contributed by atoms with Crippen LogP contribution in [0, 0.1) is 0 Å². The number of hydrogen-bond donors (Lipinski definition) is 2. The molecule has 0 bridgehead atoms. The van der Waals surface area contributed by atoms with Gasteiger partial charge in [0.1, 0.15) is 0 Å². The quantitative estimate of drug-likeness (QED) is 0.721. The average molecular weight is 292 g/mol. The van der Waals surface area contributed by atoms with Gasteiger partial charge in [-0.25, -0.2) is 4.79 Å². The molecule has 0 unspecified atom stereocenters. The van der Waals surface area contributed by atoms with Crippen LogP contribution in [0.3, 0.4) is 0 Å². The molecule has 1 aromatic carbocycles. The van der Waals surface area contributed by atoms with E-state index in [0.29, 0.717) is 18.2 Å². The summed E-state index contributed by atoms with van der Waals surface area (Å²) in [6, 6.07) is 6.59. The van der Waals surface area contributed by atoms with E-state index in [2.05, 4.69) is 31.1 Å². The number of carbonyl (C=O) groups excluding carboxylic acids is 1. The number of benzene rings is 1. The predicted octanol–water partition coefficient (Wildman–Crippen LogP) is 2.24. The first-order chi connectivity index (χ1) is 9.91. The number of carboxylic acids is 1. The van der Waals surface area contributed by atoms with E-state index in [0.717, 1.165) is 19.4 Å². The highest BCUT2D eigenvalue weighted by atomic mass is 16.4. The summed E-state index contributed by atoms with van der Waals surface area (Å²) >= 11 is 0. The number of rotatable bonds is 8. The molecule has 2 N–H and O–H groups in total. The third-order valence-corrected chi connectivity index (χ3v) is 3.48. The van der Waals surface area contributed by atoms with Crippen molar-refractivity contribution >= 4 is 11.9 Å². The third kappa shape index (κ3) is 5.95. The molecule has 0 fully saturated rings. The summed E-state index contributed by atoms with van der Waals surface area (Å²) in [7, 11) is 2.08. The van der Waals surface area contributed by atoms with Gasteiger partial charge in [0, 0.05) is 18.2 Å². The van der Waals surface area contributed by atoms with Crippen LogP contribution in [0.1, 0.15) is 47.4 Å². The second kappa shape index (κ2) is 8.42. The fourth-order valence-corrected chi connectivity index (χ4v) is 1.84. The van der Waals surface area contributed by atoms with Crippen molar-refractivity contribution in [1.82, 2.24) is 10.2 Å². The Morgan fingerprint density at radius 3 is 2.52 bits per heavy atom. The first-order valence-electron chi connectivity index (χ1n) is 7.23. The maximum absolute atomic E-state index is 11.9. The Bertz CT molecular complexity index is 486. The number of unbranched alkanes of at least 4 members (excludes halogenated alkanes) is 1. The molecular weight excluding hydrogens is 268 g/mol. The highest BCUT2D eigenvalue weighted by molar-refractivity contribution is 5.97. The average Bonchev–Trinajstić information content (AvgIpc) is 2.46. The van der Waals surface area contributed by atoms with Crippen LogP contribution in [0.5, 0.6) is 0 Å². The van der Waals surface area contributed by atoms with Gasteiger partial charge in [0.2, 0.25) is 0 Å². The van der Waals surface area contributed by atoms with Crippen molar-refractivity contribution in [1.29, 1.82) is 0 Å². The minimum absolute atomic E-state index is 0.126. The van der Waals surface area contributed by atoms with E-state index < -0.39 is 5.97 Å². The minimum Gasteiger partial charge on any atom is -0.478 e. The van der Waals surface area contributed by atoms with Crippen molar-refractivity contribution in [2.75, 3.05) is 20.1 Å². The number of aromatic carboxylic acids is 1. The van der Waals surface area contributed by atoms with E-state index in [4.69, 9.17) is 5.11 Å². The Hall–Kier alpha value is -1.88. The van der Waals surface area contributed by atoms with E-state index in [-0.39, 0.29) is 11.5 Å². The van der Waals surface area contributed by atoms with Crippen LogP contribution in [0.25, 0.3) is 0 Å². The monoisotopic (exact) mass is 292 g/mol. The van der Waals surface area contributed by atoms with E-state index in [1.807, 2.05) is 0 Å². The van der Waals surface area contributed by atoms with E-state index >= 15 is 0 Å². The Morgan fingerprint density at radius 2 is 1.90 bits per heavy atom. The number of amides is 1. The molecule has 0 aliphatic heterocycles. The van der Waals surface area contributed by atoms with Crippen LogP contribution >= 0.6 is 0 Å². The molecule has 0 radical (unpaired) electrons. The Morgan fingerprint density at radius 1 is 1.24 bits per heavy atom. The fraction of sp³-hybridized carbons (Fsp3) is 0.500. The first-order valence-corrected chi connectivity index (χ1v) is 7.23. The molecule has 0 aliphatic rings. The topological polar surface area (TPSA) is 69.6 Å². The van der Waals surface area contributed by atoms with Gasteiger partial charge in [0.15, 0.2) is 0 Å². The van der Waals surface area contributed by atoms with Crippen molar-refractivity contribution in [3.63, 3.8) is 0 Å². The molecule has 0 aliphatic carbocycles. The molecule has 5 heteroatoms. The number of carbonyl (C=O) groups is 2. The van der Waals surface area contributed by atoms with Crippen molar-refractivity contribution in [2.45, 2.75) is 32.7 Å². The number of nitrogens with zero attached hydrogens (tertiary/aromatic N) is 1. The van der Waals surface area contributed by atoms with Gasteiger partial charge in [-0.1, -0.05) is 6.07 Å². The molecule has 0 saturated heterocycles. The smallest absolute Gasteiger partial charge is 0.335 e. The van der Waals surface area contributed by atoms with Crippen LogP contribution in [0.15, 0.2) is 24.3 Å². The lowest BCUT2D eigenvalue weighted by molar-refractivity contribution is 0.0697. The summed E-state index contributed by atoms with van der Waals surface area (Å²) in [5, 5.41) is 11.7. The van der Waals surface area contributed by atoms with Crippen LogP contribution in [-0.4, -0.2) is 48.1 Å². The lowest BCUT2D eigenvalue weighted by Crippen LogP contribution is -2.29. The van der Waals surface area contributed by atoms with Gasteiger partial charge in [-0.05, 0) is 58.5 Å². The predicted molar refractivity (Wildman–Crippen MR) is 82.7 cm³/mol. The van der Waals surface area contributed by atoms with Gasteiger partial charge in [-0.15, -0.1) is 0 Å². The molecule has 5 nitrogen and oxygen atoms in total. The Labute approximate surface area is 126 Å². The molecule has 0 aromatic heterocycles. The first kappa shape index (κ1) is 17.2. The third-order valence-electron chi connectivity index (χ3n) is 3.48. The molecule has 0 heterocycles. The molecule has 1 rings (SSSR count). The summed E-state index contributed by atoms with van der Waals surface area (Å²) in [5.41, 5.74) is 0.510. The molecule has 116 valence electrons. The van der Waals surface area contributed by atoms with Crippen LogP contribution in [0.2, 0.25) is 0 Å². The van der Waals surface area contributed by atoms with Gasteiger partial charge in [0.25, 0.3) is 5.91 Å². The zero-order chi connectivity index (χ0) is 15.8. The summed E-state index contributed by atoms with van der Waals surface area (Å²) < 4.78 is 0. The highest BCUT2D eigenvalue weighted by Crippen LogP contribution is 2.05. The molecule has 0 spiro atoms. The summed E-state index contributed by atoms with van der Waals surface area (Å²) in [6.45, 7) is 5.90. The summed E-state index contributed by atoms with van der Waals surface area (Å²) in [5.74, 6) is -1.25. The molecule has 0 atom stereocenters. The second-order valence-electron chi connectivity index (χ2n) is 5.42. The van der Waals surface area contributed by atoms with Crippen LogP contribution < -0.4 is 5.32 Å².